The Morgan fingerprint density at radius 3 is 2.42 bits per heavy atom. The van der Waals surface area contributed by atoms with Crippen LogP contribution in [0.15, 0.2) is 40.9 Å². The van der Waals surface area contributed by atoms with Crippen molar-refractivity contribution in [3.05, 3.63) is 67.9 Å². The van der Waals surface area contributed by atoms with Gasteiger partial charge in [-0.05, 0) is 51.3 Å². The predicted octanol–water partition coefficient (Wildman–Crippen LogP) is 5.17. The first kappa shape index (κ1) is 14.8. The van der Waals surface area contributed by atoms with Crippen molar-refractivity contribution in [2.24, 2.45) is 0 Å². The van der Waals surface area contributed by atoms with Gasteiger partial charge in [-0.25, -0.2) is 4.39 Å². The summed E-state index contributed by atoms with van der Waals surface area (Å²) in [6.45, 7) is 0. The molecule has 2 aromatic rings. The molecule has 5 heteroatoms. The first-order valence-electron chi connectivity index (χ1n) is 5.54. The molecule has 0 radical (unpaired) electrons. The van der Waals surface area contributed by atoms with Crippen molar-refractivity contribution in [3.63, 3.8) is 0 Å². The van der Waals surface area contributed by atoms with Crippen LogP contribution in [-0.2, 0) is 6.42 Å². The second-order valence-corrected chi connectivity index (χ2v) is 5.80. The van der Waals surface area contributed by atoms with Gasteiger partial charge in [0, 0.05) is 16.5 Å². The van der Waals surface area contributed by atoms with Crippen LogP contribution >= 0.6 is 39.1 Å². The number of hydrogen-bond acceptors (Lipinski definition) is 1. The maximum absolute atomic E-state index is 13.4. The van der Waals surface area contributed by atoms with E-state index in [1.54, 1.807) is 30.3 Å². The van der Waals surface area contributed by atoms with Crippen molar-refractivity contribution in [1.82, 2.24) is 0 Å². The molecule has 0 aliphatic rings. The molecule has 19 heavy (non-hydrogen) atoms. The second-order valence-electron chi connectivity index (χ2n) is 4.14. The number of hydrogen-bond donors (Lipinski definition) is 1. The van der Waals surface area contributed by atoms with E-state index in [4.69, 9.17) is 23.2 Å². The summed E-state index contributed by atoms with van der Waals surface area (Å²) in [4.78, 5) is 0. The van der Waals surface area contributed by atoms with Gasteiger partial charge < -0.3 is 5.11 Å². The fraction of sp³-hybridized carbons (Fsp3) is 0.143. The molecule has 0 spiro atoms. The first-order valence-corrected chi connectivity index (χ1v) is 7.09. The minimum absolute atomic E-state index is 0.273. The normalized spacial score (nSPS) is 12.5. The van der Waals surface area contributed by atoms with Crippen molar-refractivity contribution >= 4 is 39.1 Å². The molecule has 1 N–H and O–H groups in total. The number of halogens is 4. The largest absolute Gasteiger partial charge is 0.388 e. The van der Waals surface area contributed by atoms with Gasteiger partial charge in [0.2, 0.25) is 0 Å². The number of benzene rings is 2. The lowest BCUT2D eigenvalue weighted by molar-refractivity contribution is 0.178. The van der Waals surface area contributed by atoms with E-state index in [-0.39, 0.29) is 12.2 Å². The van der Waals surface area contributed by atoms with Crippen molar-refractivity contribution in [2.75, 3.05) is 0 Å². The lowest BCUT2D eigenvalue weighted by atomic mass is 10.0. The summed E-state index contributed by atoms with van der Waals surface area (Å²) in [5.74, 6) is -0.353. The summed E-state index contributed by atoms with van der Waals surface area (Å²) in [6, 6.07) is 9.60. The molecular formula is C14H10BrCl2FO. The molecule has 0 saturated heterocycles. The molecule has 2 rings (SSSR count). The Hall–Kier alpha value is -0.610. The van der Waals surface area contributed by atoms with Crippen molar-refractivity contribution in [3.8, 4) is 0 Å². The van der Waals surface area contributed by atoms with E-state index in [0.717, 1.165) is 0 Å². The van der Waals surface area contributed by atoms with E-state index >= 15 is 0 Å². The van der Waals surface area contributed by atoms with E-state index in [0.29, 0.717) is 25.6 Å². The molecule has 0 saturated carbocycles. The van der Waals surface area contributed by atoms with E-state index in [1.165, 1.54) is 6.07 Å². The Morgan fingerprint density at radius 1 is 1.16 bits per heavy atom. The zero-order valence-corrected chi connectivity index (χ0v) is 12.8. The van der Waals surface area contributed by atoms with E-state index < -0.39 is 6.10 Å². The average Bonchev–Trinajstić information content (AvgIpc) is 2.33. The van der Waals surface area contributed by atoms with Crippen molar-refractivity contribution < 1.29 is 9.50 Å². The minimum atomic E-state index is -0.797. The SMILES string of the molecule is OC(Cc1cccc(F)c1Br)c1cc(Cl)cc(Cl)c1. The summed E-state index contributed by atoms with van der Waals surface area (Å²) in [6.07, 6.45) is -0.524. The molecule has 1 unspecified atom stereocenters. The quantitative estimate of drug-likeness (QED) is 0.797. The summed E-state index contributed by atoms with van der Waals surface area (Å²) in [7, 11) is 0. The highest BCUT2D eigenvalue weighted by atomic mass is 79.9. The molecule has 0 fully saturated rings. The van der Waals surface area contributed by atoms with E-state index in [2.05, 4.69) is 15.9 Å². The average molecular weight is 364 g/mol. The Morgan fingerprint density at radius 2 is 1.79 bits per heavy atom. The van der Waals surface area contributed by atoms with Gasteiger partial charge >= 0.3 is 0 Å². The Balaban J connectivity index is 2.25. The van der Waals surface area contributed by atoms with Crippen LogP contribution in [0.4, 0.5) is 4.39 Å². The molecular weight excluding hydrogens is 354 g/mol. The highest BCUT2D eigenvalue weighted by molar-refractivity contribution is 9.10. The van der Waals surface area contributed by atoms with Crippen LogP contribution in [0.25, 0.3) is 0 Å². The summed E-state index contributed by atoms with van der Waals surface area (Å²) in [5.41, 5.74) is 1.29. The zero-order valence-electron chi connectivity index (χ0n) is 9.71. The highest BCUT2D eigenvalue weighted by Crippen LogP contribution is 2.28. The standard InChI is InChI=1S/C14H10BrCl2FO/c15-14-8(2-1-3-12(14)18)6-13(19)9-4-10(16)7-11(17)5-9/h1-5,7,13,19H,6H2. The van der Waals surface area contributed by atoms with Crippen LogP contribution < -0.4 is 0 Å². The lowest BCUT2D eigenvalue weighted by Gasteiger charge is -2.13. The number of aliphatic hydroxyl groups is 1. The molecule has 0 aliphatic heterocycles. The number of rotatable bonds is 3. The lowest BCUT2D eigenvalue weighted by Crippen LogP contribution is -2.03. The van der Waals surface area contributed by atoms with Crippen LogP contribution in [0.3, 0.4) is 0 Å². The van der Waals surface area contributed by atoms with Gasteiger partial charge in [0.25, 0.3) is 0 Å². The van der Waals surface area contributed by atoms with Crippen LogP contribution in [0.2, 0.25) is 10.0 Å². The molecule has 0 heterocycles. The molecule has 1 nitrogen and oxygen atoms in total. The van der Waals surface area contributed by atoms with Gasteiger partial charge in [-0.2, -0.15) is 0 Å². The Bertz CT molecular complexity index is 584. The second kappa shape index (κ2) is 6.23. The van der Waals surface area contributed by atoms with Crippen molar-refractivity contribution in [1.29, 1.82) is 0 Å². The maximum atomic E-state index is 13.4. The number of aliphatic hydroxyl groups excluding tert-OH is 1. The molecule has 1 atom stereocenters. The third kappa shape index (κ3) is 3.69. The van der Waals surface area contributed by atoms with Crippen LogP contribution in [-0.4, -0.2) is 5.11 Å². The molecule has 0 aliphatic carbocycles. The predicted molar refractivity (Wildman–Crippen MR) is 79.2 cm³/mol. The minimum Gasteiger partial charge on any atom is -0.388 e. The van der Waals surface area contributed by atoms with Gasteiger partial charge in [0.05, 0.1) is 10.6 Å². The third-order valence-electron chi connectivity index (χ3n) is 2.71. The highest BCUT2D eigenvalue weighted by Gasteiger charge is 2.13. The van der Waals surface area contributed by atoms with E-state index in [9.17, 15) is 9.50 Å². The molecule has 2 aromatic carbocycles. The summed E-state index contributed by atoms with van der Waals surface area (Å²) < 4.78 is 13.8. The maximum Gasteiger partial charge on any atom is 0.137 e. The topological polar surface area (TPSA) is 20.2 Å². The summed E-state index contributed by atoms with van der Waals surface area (Å²) >= 11 is 14.9. The van der Waals surface area contributed by atoms with Crippen molar-refractivity contribution in [2.45, 2.75) is 12.5 Å². The Kier molecular flexibility index (Phi) is 4.85. The van der Waals surface area contributed by atoms with Gasteiger partial charge in [-0.3, -0.25) is 0 Å². The molecule has 0 bridgehead atoms. The fourth-order valence-electron chi connectivity index (χ4n) is 1.80. The van der Waals surface area contributed by atoms with Gasteiger partial charge in [-0.15, -0.1) is 0 Å². The van der Waals surface area contributed by atoms with Gasteiger partial charge in [0.1, 0.15) is 5.82 Å². The monoisotopic (exact) mass is 362 g/mol. The van der Waals surface area contributed by atoms with Crippen LogP contribution in [0.1, 0.15) is 17.2 Å². The fourth-order valence-corrected chi connectivity index (χ4v) is 2.77. The van der Waals surface area contributed by atoms with Gasteiger partial charge in [0.15, 0.2) is 0 Å². The Labute approximate surface area is 129 Å². The zero-order chi connectivity index (χ0) is 14.0. The smallest absolute Gasteiger partial charge is 0.137 e. The third-order valence-corrected chi connectivity index (χ3v) is 4.04. The van der Waals surface area contributed by atoms with Crippen LogP contribution in [0.5, 0.6) is 0 Å². The summed E-state index contributed by atoms with van der Waals surface area (Å²) in [5, 5.41) is 11.1. The van der Waals surface area contributed by atoms with E-state index in [1.807, 2.05) is 0 Å². The molecule has 100 valence electrons. The van der Waals surface area contributed by atoms with Gasteiger partial charge in [-0.1, -0.05) is 35.3 Å². The van der Waals surface area contributed by atoms with Crippen LogP contribution in [0, 0.1) is 5.82 Å². The first-order chi connectivity index (χ1) is 8.97. The molecule has 0 amide bonds. The molecule has 0 aromatic heterocycles.